The van der Waals surface area contributed by atoms with Crippen LogP contribution in [0.15, 0.2) is 0 Å². The molecule has 2 heterocycles. The number of likely N-dealkylation sites (tertiary alicyclic amines) is 1. The van der Waals surface area contributed by atoms with E-state index >= 15 is 0 Å². The monoisotopic (exact) mass is 210 g/mol. The lowest BCUT2D eigenvalue weighted by molar-refractivity contribution is -0.138. The highest BCUT2D eigenvalue weighted by atomic mass is 16.2. The minimum atomic E-state index is 0.332. The number of nitrogens with one attached hydrogen (secondary N) is 1. The molecule has 0 aliphatic carbocycles. The SMILES string of the molecule is CC(C)C1CCC(=O)N(C2CCCN2)C1. The van der Waals surface area contributed by atoms with E-state index in [9.17, 15) is 4.79 Å². The van der Waals surface area contributed by atoms with Crippen LogP contribution in [0, 0.1) is 11.8 Å². The summed E-state index contributed by atoms with van der Waals surface area (Å²) in [5.41, 5.74) is 0. The minimum absolute atomic E-state index is 0.332. The largest absolute Gasteiger partial charge is 0.327 e. The molecule has 0 aromatic heterocycles. The number of hydrogen-bond donors (Lipinski definition) is 1. The summed E-state index contributed by atoms with van der Waals surface area (Å²) in [5, 5.41) is 3.42. The Morgan fingerprint density at radius 3 is 2.80 bits per heavy atom. The molecule has 1 N–H and O–H groups in total. The van der Waals surface area contributed by atoms with E-state index in [2.05, 4.69) is 24.1 Å². The molecule has 2 aliphatic rings. The number of carbonyl (C=O) groups excluding carboxylic acids is 1. The predicted octanol–water partition coefficient (Wildman–Crippen LogP) is 1.59. The molecule has 3 heteroatoms. The molecule has 0 radical (unpaired) electrons. The number of amides is 1. The van der Waals surface area contributed by atoms with Gasteiger partial charge >= 0.3 is 0 Å². The van der Waals surface area contributed by atoms with Crippen LogP contribution in [0.2, 0.25) is 0 Å². The summed E-state index contributed by atoms with van der Waals surface area (Å²) < 4.78 is 0. The van der Waals surface area contributed by atoms with Gasteiger partial charge in [0.15, 0.2) is 0 Å². The number of piperidine rings is 1. The molecule has 0 aromatic rings. The molecule has 0 bridgehead atoms. The Kier molecular flexibility index (Phi) is 3.29. The maximum atomic E-state index is 11.8. The van der Waals surface area contributed by atoms with Crippen molar-refractivity contribution < 1.29 is 4.79 Å². The molecule has 2 unspecified atom stereocenters. The number of rotatable bonds is 2. The van der Waals surface area contributed by atoms with Crippen molar-refractivity contribution >= 4 is 5.91 Å². The van der Waals surface area contributed by atoms with Crippen LogP contribution in [0.1, 0.15) is 39.5 Å². The summed E-state index contributed by atoms with van der Waals surface area (Å²) in [5.74, 6) is 1.75. The van der Waals surface area contributed by atoms with E-state index in [1.807, 2.05) is 0 Å². The lowest BCUT2D eigenvalue weighted by Crippen LogP contribution is -2.51. The maximum Gasteiger partial charge on any atom is 0.223 e. The van der Waals surface area contributed by atoms with Crippen molar-refractivity contribution in [1.29, 1.82) is 0 Å². The summed E-state index contributed by atoms with van der Waals surface area (Å²) in [6.45, 7) is 6.57. The van der Waals surface area contributed by atoms with Gasteiger partial charge in [-0.25, -0.2) is 0 Å². The molecule has 2 atom stereocenters. The minimum Gasteiger partial charge on any atom is -0.327 e. The van der Waals surface area contributed by atoms with Crippen molar-refractivity contribution in [3.8, 4) is 0 Å². The number of carbonyl (C=O) groups is 1. The third-order valence-electron chi connectivity index (χ3n) is 3.83. The Labute approximate surface area is 92.2 Å². The Morgan fingerprint density at radius 1 is 1.40 bits per heavy atom. The summed E-state index contributed by atoms with van der Waals surface area (Å²) in [7, 11) is 0. The van der Waals surface area contributed by atoms with Crippen molar-refractivity contribution in [2.24, 2.45) is 11.8 Å². The summed E-state index contributed by atoms with van der Waals surface area (Å²) in [6.07, 6.45) is 4.51. The lowest BCUT2D eigenvalue weighted by atomic mass is 9.87. The van der Waals surface area contributed by atoms with Gasteiger partial charge in [0.1, 0.15) is 0 Å². The highest BCUT2D eigenvalue weighted by Gasteiger charge is 2.32. The average molecular weight is 210 g/mol. The van der Waals surface area contributed by atoms with Crippen LogP contribution in [-0.4, -0.2) is 30.1 Å². The highest BCUT2D eigenvalue weighted by molar-refractivity contribution is 5.77. The van der Waals surface area contributed by atoms with Crippen molar-refractivity contribution in [2.45, 2.75) is 45.7 Å². The second-order valence-electron chi connectivity index (χ2n) is 5.20. The fourth-order valence-corrected chi connectivity index (χ4v) is 2.68. The van der Waals surface area contributed by atoms with Crippen LogP contribution in [0.5, 0.6) is 0 Å². The lowest BCUT2D eigenvalue weighted by Gasteiger charge is -2.38. The Morgan fingerprint density at radius 2 is 2.20 bits per heavy atom. The van der Waals surface area contributed by atoms with Gasteiger partial charge in [-0.15, -0.1) is 0 Å². The third-order valence-corrected chi connectivity index (χ3v) is 3.83. The second kappa shape index (κ2) is 4.52. The van der Waals surface area contributed by atoms with Crippen LogP contribution in [0.3, 0.4) is 0 Å². The summed E-state index contributed by atoms with van der Waals surface area (Å²) >= 11 is 0. The van der Waals surface area contributed by atoms with Crippen LogP contribution < -0.4 is 5.32 Å². The maximum absolute atomic E-state index is 11.8. The van der Waals surface area contributed by atoms with Gasteiger partial charge in [-0.05, 0) is 37.6 Å². The van der Waals surface area contributed by atoms with E-state index in [-0.39, 0.29) is 0 Å². The van der Waals surface area contributed by atoms with Crippen molar-refractivity contribution in [1.82, 2.24) is 10.2 Å². The Balaban J connectivity index is 1.98. The molecule has 2 saturated heterocycles. The first kappa shape index (κ1) is 10.9. The molecule has 86 valence electrons. The van der Waals surface area contributed by atoms with E-state index < -0.39 is 0 Å². The van der Waals surface area contributed by atoms with Gasteiger partial charge in [-0.1, -0.05) is 13.8 Å². The highest BCUT2D eigenvalue weighted by Crippen LogP contribution is 2.26. The molecule has 2 rings (SSSR count). The number of nitrogens with zero attached hydrogens (tertiary/aromatic N) is 1. The molecule has 1 amide bonds. The van der Waals surface area contributed by atoms with E-state index in [0.717, 1.165) is 32.4 Å². The standard InChI is InChI=1S/C12H22N2O/c1-9(2)10-5-6-12(15)14(8-10)11-4-3-7-13-11/h9-11,13H,3-8H2,1-2H3. The van der Waals surface area contributed by atoms with Gasteiger partial charge in [0.05, 0.1) is 6.17 Å². The molecule has 2 fully saturated rings. The van der Waals surface area contributed by atoms with Gasteiger partial charge in [0, 0.05) is 13.0 Å². The summed E-state index contributed by atoms with van der Waals surface area (Å²) in [4.78, 5) is 13.9. The zero-order valence-electron chi connectivity index (χ0n) is 9.83. The van der Waals surface area contributed by atoms with Crippen LogP contribution in [-0.2, 0) is 4.79 Å². The first-order valence-corrected chi connectivity index (χ1v) is 6.21. The molecular formula is C12H22N2O. The van der Waals surface area contributed by atoms with Crippen LogP contribution >= 0.6 is 0 Å². The smallest absolute Gasteiger partial charge is 0.223 e. The molecule has 2 aliphatic heterocycles. The van der Waals surface area contributed by atoms with Crippen molar-refractivity contribution in [3.63, 3.8) is 0 Å². The van der Waals surface area contributed by atoms with Crippen LogP contribution in [0.4, 0.5) is 0 Å². The van der Waals surface area contributed by atoms with Gasteiger partial charge in [-0.2, -0.15) is 0 Å². The topological polar surface area (TPSA) is 32.3 Å². The molecule has 0 saturated carbocycles. The van der Waals surface area contributed by atoms with E-state index in [1.54, 1.807) is 0 Å². The third kappa shape index (κ3) is 2.33. The zero-order chi connectivity index (χ0) is 10.8. The summed E-state index contributed by atoms with van der Waals surface area (Å²) in [6, 6.07) is 0. The predicted molar refractivity (Wildman–Crippen MR) is 60.3 cm³/mol. The van der Waals surface area contributed by atoms with Gasteiger partial charge in [-0.3, -0.25) is 10.1 Å². The fourth-order valence-electron chi connectivity index (χ4n) is 2.68. The number of hydrogen-bond acceptors (Lipinski definition) is 2. The van der Waals surface area contributed by atoms with Gasteiger partial charge in [0.25, 0.3) is 0 Å². The van der Waals surface area contributed by atoms with E-state index in [4.69, 9.17) is 0 Å². The molecule has 0 spiro atoms. The van der Waals surface area contributed by atoms with Crippen molar-refractivity contribution in [3.05, 3.63) is 0 Å². The Hall–Kier alpha value is -0.570. The first-order chi connectivity index (χ1) is 7.18. The van der Waals surface area contributed by atoms with Crippen molar-refractivity contribution in [2.75, 3.05) is 13.1 Å². The Bertz CT molecular complexity index is 234. The molecular weight excluding hydrogens is 188 g/mol. The van der Waals surface area contributed by atoms with Gasteiger partial charge < -0.3 is 4.90 Å². The van der Waals surface area contributed by atoms with E-state index in [0.29, 0.717) is 23.9 Å². The quantitative estimate of drug-likeness (QED) is 0.750. The van der Waals surface area contributed by atoms with Crippen LogP contribution in [0.25, 0.3) is 0 Å². The second-order valence-corrected chi connectivity index (χ2v) is 5.20. The average Bonchev–Trinajstić information content (AvgIpc) is 2.71. The van der Waals surface area contributed by atoms with E-state index in [1.165, 1.54) is 6.42 Å². The first-order valence-electron chi connectivity index (χ1n) is 6.21. The molecule has 15 heavy (non-hydrogen) atoms. The normalized spacial score (nSPS) is 32.7. The molecule has 0 aromatic carbocycles. The fraction of sp³-hybridized carbons (Fsp3) is 0.917. The zero-order valence-corrected chi connectivity index (χ0v) is 9.83. The molecule has 3 nitrogen and oxygen atoms in total. The van der Waals surface area contributed by atoms with Gasteiger partial charge in [0.2, 0.25) is 5.91 Å².